The van der Waals surface area contributed by atoms with E-state index in [9.17, 15) is 9.90 Å². The first-order valence-corrected chi connectivity index (χ1v) is 10.1. The number of nitrogens with one attached hydrogen (secondary N) is 2. The molecule has 146 valence electrons. The fraction of sp³-hybridized carbons (Fsp3) is 0.250. The Hall–Kier alpha value is -2.35. The van der Waals surface area contributed by atoms with Crippen molar-refractivity contribution >= 4 is 29.3 Å². The van der Waals surface area contributed by atoms with E-state index >= 15 is 0 Å². The molecule has 0 aliphatic heterocycles. The molecule has 3 N–H and O–H groups in total. The normalized spacial score (nSPS) is 12.2. The fourth-order valence-corrected chi connectivity index (χ4v) is 3.64. The summed E-state index contributed by atoms with van der Waals surface area (Å²) in [6.07, 6.45) is 3.25. The monoisotopic (exact) mass is 416 g/mol. The van der Waals surface area contributed by atoms with E-state index in [-0.39, 0.29) is 12.5 Å². The van der Waals surface area contributed by atoms with Crippen molar-refractivity contribution in [3.8, 4) is 11.3 Å². The Morgan fingerprint density at radius 2 is 2.11 bits per heavy atom. The van der Waals surface area contributed by atoms with Crippen LogP contribution in [-0.2, 0) is 0 Å². The van der Waals surface area contributed by atoms with E-state index in [1.807, 2.05) is 12.1 Å². The van der Waals surface area contributed by atoms with Crippen molar-refractivity contribution in [1.82, 2.24) is 20.3 Å². The van der Waals surface area contributed by atoms with Crippen LogP contribution in [-0.4, -0.2) is 37.8 Å². The highest BCUT2D eigenvalue weighted by Gasteiger charge is 2.17. The summed E-state index contributed by atoms with van der Waals surface area (Å²) in [5, 5.41) is 14.3. The first-order chi connectivity index (χ1) is 13.5. The van der Waals surface area contributed by atoms with Gasteiger partial charge in [0.05, 0.1) is 18.3 Å². The van der Waals surface area contributed by atoms with Crippen molar-refractivity contribution in [3.63, 3.8) is 0 Å². The number of aromatic nitrogens is 3. The molecule has 0 aliphatic carbocycles. The van der Waals surface area contributed by atoms with Crippen LogP contribution in [0.1, 0.15) is 35.9 Å². The van der Waals surface area contributed by atoms with Crippen LogP contribution < -0.4 is 5.32 Å². The number of carbonyl (C=O) groups excluding carboxylic acids is 1. The summed E-state index contributed by atoms with van der Waals surface area (Å²) in [6.45, 7) is 3.96. The third-order valence-corrected chi connectivity index (χ3v) is 5.13. The van der Waals surface area contributed by atoms with Gasteiger partial charge in [-0.3, -0.25) is 4.79 Å². The van der Waals surface area contributed by atoms with Gasteiger partial charge in [-0.15, -0.1) is 11.8 Å². The summed E-state index contributed by atoms with van der Waals surface area (Å²) in [5.74, 6) is -0.323. The minimum Gasteiger partial charge on any atom is -0.394 e. The maximum Gasteiger partial charge on any atom is 0.268 e. The average molecular weight is 417 g/mol. The van der Waals surface area contributed by atoms with Crippen LogP contribution in [0.15, 0.2) is 53.9 Å². The van der Waals surface area contributed by atoms with Crippen LogP contribution in [0.25, 0.3) is 11.3 Å². The lowest BCUT2D eigenvalue weighted by Crippen LogP contribution is -2.31. The van der Waals surface area contributed by atoms with Crippen molar-refractivity contribution in [3.05, 3.63) is 65.2 Å². The van der Waals surface area contributed by atoms with Gasteiger partial charge in [-0.25, -0.2) is 9.97 Å². The summed E-state index contributed by atoms with van der Waals surface area (Å²) < 4.78 is 0. The maximum atomic E-state index is 12.6. The van der Waals surface area contributed by atoms with E-state index in [0.29, 0.717) is 16.0 Å². The number of benzene rings is 1. The Morgan fingerprint density at radius 1 is 1.29 bits per heavy atom. The van der Waals surface area contributed by atoms with Gasteiger partial charge in [-0.1, -0.05) is 37.6 Å². The minimum absolute atomic E-state index is 0.235. The van der Waals surface area contributed by atoms with Crippen molar-refractivity contribution in [2.75, 3.05) is 6.61 Å². The van der Waals surface area contributed by atoms with Crippen LogP contribution in [0.2, 0.25) is 5.02 Å². The van der Waals surface area contributed by atoms with E-state index < -0.39 is 6.04 Å². The van der Waals surface area contributed by atoms with E-state index in [1.54, 1.807) is 42.2 Å². The lowest BCUT2D eigenvalue weighted by Gasteiger charge is -2.16. The zero-order valence-electron chi connectivity index (χ0n) is 15.5. The van der Waals surface area contributed by atoms with Crippen molar-refractivity contribution < 1.29 is 9.90 Å². The summed E-state index contributed by atoms with van der Waals surface area (Å²) >= 11 is 7.65. The number of carbonyl (C=O) groups is 1. The summed E-state index contributed by atoms with van der Waals surface area (Å²) in [7, 11) is 0. The SMILES string of the molecule is CC(C)Sc1cc(-c2c[nH]c(C(=O)NC(CO)c3cccc(Cl)c3)c2)ncn1. The minimum atomic E-state index is -0.550. The van der Waals surface area contributed by atoms with Gasteiger partial charge >= 0.3 is 0 Å². The van der Waals surface area contributed by atoms with Gasteiger partial charge in [-0.2, -0.15) is 0 Å². The quantitative estimate of drug-likeness (QED) is 0.398. The molecular formula is C20H21ClN4O2S. The fourth-order valence-electron chi connectivity index (χ4n) is 2.67. The van der Waals surface area contributed by atoms with E-state index in [4.69, 9.17) is 11.6 Å². The first kappa shape index (κ1) is 20.4. The van der Waals surface area contributed by atoms with Crippen LogP contribution >= 0.6 is 23.4 Å². The molecule has 2 heterocycles. The molecule has 1 atom stereocenters. The highest BCUT2D eigenvalue weighted by atomic mass is 35.5. The lowest BCUT2D eigenvalue weighted by molar-refractivity contribution is 0.0912. The smallest absolute Gasteiger partial charge is 0.268 e. The molecule has 8 heteroatoms. The molecule has 0 fully saturated rings. The molecule has 2 aromatic heterocycles. The number of hydrogen-bond donors (Lipinski definition) is 3. The lowest BCUT2D eigenvalue weighted by atomic mass is 10.1. The van der Waals surface area contributed by atoms with Crippen molar-refractivity contribution in [2.24, 2.45) is 0 Å². The second kappa shape index (κ2) is 9.23. The molecule has 0 saturated carbocycles. The number of aliphatic hydroxyl groups is 1. The second-order valence-electron chi connectivity index (χ2n) is 6.47. The predicted octanol–water partition coefficient (Wildman–Crippen LogP) is 4.09. The number of aliphatic hydroxyl groups excluding tert-OH is 1. The molecule has 28 heavy (non-hydrogen) atoms. The molecule has 1 aromatic carbocycles. The molecule has 0 radical (unpaired) electrons. The highest BCUT2D eigenvalue weighted by molar-refractivity contribution is 7.99. The van der Waals surface area contributed by atoms with E-state index in [0.717, 1.165) is 21.8 Å². The van der Waals surface area contributed by atoms with Gasteiger partial charge in [0.1, 0.15) is 17.0 Å². The Balaban J connectivity index is 1.75. The van der Waals surface area contributed by atoms with Crippen molar-refractivity contribution in [2.45, 2.75) is 30.2 Å². The topological polar surface area (TPSA) is 90.9 Å². The van der Waals surface area contributed by atoms with Crippen LogP contribution in [0.4, 0.5) is 0 Å². The Bertz CT molecular complexity index is 961. The first-order valence-electron chi connectivity index (χ1n) is 8.81. The van der Waals surface area contributed by atoms with Crippen LogP contribution in [0.3, 0.4) is 0 Å². The molecule has 6 nitrogen and oxygen atoms in total. The standard InChI is InChI=1S/C20H21ClN4O2S/c1-12(2)28-19-8-16(23-11-24-19)14-7-17(22-9-14)20(27)25-18(10-26)13-4-3-5-15(21)6-13/h3-9,11-12,18,22,26H,10H2,1-2H3,(H,25,27). The molecular weight excluding hydrogens is 396 g/mol. The summed E-state index contributed by atoms with van der Waals surface area (Å²) in [4.78, 5) is 24.1. The average Bonchev–Trinajstić information content (AvgIpc) is 3.16. The number of hydrogen-bond acceptors (Lipinski definition) is 5. The number of halogens is 1. The summed E-state index contributed by atoms with van der Waals surface area (Å²) in [6, 6.07) is 10.1. The second-order valence-corrected chi connectivity index (χ2v) is 8.51. The van der Waals surface area contributed by atoms with Crippen LogP contribution in [0.5, 0.6) is 0 Å². The Labute approximate surface area is 172 Å². The Kier molecular flexibility index (Phi) is 6.72. The number of thioether (sulfide) groups is 1. The third-order valence-electron chi connectivity index (χ3n) is 3.96. The number of H-pyrrole nitrogens is 1. The predicted molar refractivity (Wildman–Crippen MR) is 112 cm³/mol. The molecule has 3 rings (SSSR count). The zero-order valence-corrected chi connectivity index (χ0v) is 17.1. The zero-order chi connectivity index (χ0) is 20.1. The summed E-state index contributed by atoms with van der Waals surface area (Å²) in [5.41, 5.74) is 2.65. The molecule has 0 aliphatic rings. The third kappa shape index (κ3) is 5.13. The van der Waals surface area contributed by atoms with Gasteiger partial charge in [-0.05, 0) is 29.8 Å². The molecule has 1 amide bonds. The Morgan fingerprint density at radius 3 is 2.82 bits per heavy atom. The van der Waals surface area contributed by atoms with Gasteiger partial charge < -0.3 is 15.4 Å². The number of amides is 1. The van der Waals surface area contributed by atoms with E-state index in [1.165, 1.54) is 6.33 Å². The molecule has 0 bridgehead atoms. The number of aromatic amines is 1. The molecule has 3 aromatic rings. The van der Waals surface area contributed by atoms with Crippen LogP contribution in [0, 0.1) is 0 Å². The van der Waals surface area contributed by atoms with Gasteiger partial charge in [0.15, 0.2) is 0 Å². The van der Waals surface area contributed by atoms with Gasteiger partial charge in [0, 0.05) is 22.0 Å². The molecule has 0 saturated heterocycles. The number of rotatable bonds is 7. The van der Waals surface area contributed by atoms with E-state index in [2.05, 4.69) is 34.1 Å². The molecule has 0 spiro atoms. The largest absolute Gasteiger partial charge is 0.394 e. The van der Waals surface area contributed by atoms with Crippen molar-refractivity contribution in [1.29, 1.82) is 0 Å². The maximum absolute atomic E-state index is 12.6. The van der Waals surface area contributed by atoms with Gasteiger partial charge in [0.25, 0.3) is 5.91 Å². The van der Waals surface area contributed by atoms with Gasteiger partial charge in [0.2, 0.25) is 0 Å². The highest BCUT2D eigenvalue weighted by Crippen LogP contribution is 2.25. The molecule has 1 unspecified atom stereocenters. The number of nitrogens with zero attached hydrogens (tertiary/aromatic N) is 2.